The van der Waals surface area contributed by atoms with Crippen LogP contribution in [-0.4, -0.2) is 8.42 Å². The molecule has 0 aliphatic heterocycles. The fourth-order valence-corrected chi connectivity index (χ4v) is 3.45. The summed E-state index contributed by atoms with van der Waals surface area (Å²) < 4.78 is 77.5. The zero-order chi connectivity index (χ0) is 17.4. The molecule has 3 nitrogen and oxygen atoms in total. The number of hydrogen-bond donors (Lipinski definition) is 1. The molecule has 0 saturated carbocycles. The van der Waals surface area contributed by atoms with Gasteiger partial charge in [-0.2, -0.15) is 13.2 Å². The minimum Gasteiger partial charge on any atom is -0.277 e. The van der Waals surface area contributed by atoms with E-state index in [4.69, 9.17) is 23.2 Å². The monoisotopic (exact) mass is 387 g/mol. The smallest absolute Gasteiger partial charge is 0.277 e. The van der Waals surface area contributed by atoms with Crippen molar-refractivity contribution in [2.75, 3.05) is 4.72 Å². The number of hydrogen-bond acceptors (Lipinski definition) is 2. The topological polar surface area (TPSA) is 46.2 Å². The van der Waals surface area contributed by atoms with Crippen molar-refractivity contribution in [3.63, 3.8) is 0 Å². The van der Waals surface area contributed by atoms with Gasteiger partial charge in [-0.3, -0.25) is 4.72 Å². The Morgan fingerprint density at radius 3 is 2.04 bits per heavy atom. The molecule has 2 rings (SSSR count). The van der Waals surface area contributed by atoms with E-state index in [9.17, 15) is 26.0 Å². The Bertz CT molecular complexity index is 833. The number of benzene rings is 2. The summed E-state index contributed by atoms with van der Waals surface area (Å²) in [5.74, 6) is -1.16. The maximum atomic E-state index is 13.6. The van der Waals surface area contributed by atoms with Gasteiger partial charge in [0, 0.05) is 10.0 Å². The van der Waals surface area contributed by atoms with E-state index < -0.39 is 38.2 Å². The summed E-state index contributed by atoms with van der Waals surface area (Å²) in [6, 6.07) is 4.71. The van der Waals surface area contributed by atoms with Crippen molar-refractivity contribution in [2.45, 2.75) is 11.1 Å². The van der Waals surface area contributed by atoms with Gasteiger partial charge in [0.25, 0.3) is 10.0 Å². The molecule has 2 aromatic carbocycles. The molecule has 0 fully saturated rings. The number of rotatable bonds is 3. The van der Waals surface area contributed by atoms with Gasteiger partial charge >= 0.3 is 6.18 Å². The molecular formula is C13H7Cl2F4NO2S. The second-order valence-corrected chi connectivity index (χ2v) is 6.96. The van der Waals surface area contributed by atoms with Crippen molar-refractivity contribution in [1.82, 2.24) is 0 Å². The molecule has 0 bridgehead atoms. The van der Waals surface area contributed by atoms with Crippen LogP contribution in [0.4, 0.5) is 23.2 Å². The molecule has 0 radical (unpaired) electrons. The number of alkyl halides is 3. The summed E-state index contributed by atoms with van der Waals surface area (Å²) in [4.78, 5) is -0.410. The van der Waals surface area contributed by atoms with Crippen LogP contribution in [0.1, 0.15) is 5.56 Å². The van der Waals surface area contributed by atoms with Crippen LogP contribution in [0.25, 0.3) is 0 Å². The molecule has 0 aromatic heterocycles. The molecule has 0 unspecified atom stereocenters. The molecule has 0 aliphatic rings. The molecule has 0 aliphatic carbocycles. The molecule has 2 aromatic rings. The molecule has 0 heterocycles. The number of anilines is 1. The van der Waals surface area contributed by atoms with Crippen molar-refractivity contribution in [3.8, 4) is 0 Å². The molecule has 0 spiro atoms. The third-order valence-corrected chi connectivity index (χ3v) is 4.47. The van der Waals surface area contributed by atoms with E-state index in [0.29, 0.717) is 18.2 Å². The summed E-state index contributed by atoms with van der Waals surface area (Å²) in [5.41, 5.74) is -2.03. The summed E-state index contributed by atoms with van der Waals surface area (Å²) in [6.45, 7) is 0. The minimum atomic E-state index is -4.74. The molecule has 0 saturated heterocycles. The van der Waals surface area contributed by atoms with Crippen molar-refractivity contribution in [2.24, 2.45) is 0 Å². The van der Waals surface area contributed by atoms with Gasteiger partial charge in [0.2, 0.25) is 0 Å². The van der Waals surface area contributed by atoms with Crippen molar-refractivity contribution in [1.29, 1.82) is 0 Å². The second kappa shape index (κ2) is 6.18. The largest absolute Gasteiger partial charge is 0.416 e. The maximum absolute atomic E-state index is 13.6. The van der Waals surface area contributed by atoms with Crippen molar-refractivity contribution < 1.29 is 26.0 Å². The first kappa shape index (κ1) is 17.8. The highest BCUT2D eigenvalue weighted by molar-refractivity contribution is 7.92. The predicted octanol–water partition coefficient (Wildman–Crippen LogP) is 4.95. The van der Waals surface area contributed by atoms with Gasteiger partial charge in [0.05, 0.1) is 16.1 Å². The molecule has 10 heteroatoms. The maximum Gasteiger partial charge on any atom is 0.416 e. The van der Waals surface area contributed by atoms with Crippen molar-refractivity contribution >= 4 is 38.9 Å². The second-order valence-electron chi connectivity index (χ2n) is 4.40. The van der Waals surface area contributed by atoms with E-state index in [0.717, 1.165) is 12.1 Å². The molecule has 124 valence electrons. The summed E-state index contributed by atoms with van der Waals surface area (Å²) in [5, 5.41) is 0.00442. The lowest BCUT2D eigenvalue weighted by Crippen LogP contribution is -2.15. The molecule has 0 atom stereocenters. The van der Waals surface area contributed by atoms with Crippen LogP contribution in [0, 0.1) is 5.82 Å². The van der Waals surface area contributed by atoms with Crippen LogP contribution in [0.5, 0.6) is 0 Å². The van der Waals surface area contributed by atoms with Crippen LogP contribution in [0.2, 0.25) is 10.0 Å². The highest BCUT2D eigenvalue weighted by Crippen LogP contribution is 2.33. The van der Waals surface area contributed by atoms with Gasteiger partial charge < -0.3 is 0 Å². The van der Waals surface area contributed by atoms with E-state index in [1.54, 1.807) is 4.72 Å². The number of nitrogens with one attached hydrogen (secondary N) is 1. The van der Waals surface area contributed by atoms with Gasteiger partial charge in [-0.05, 0) is 36.4 Å². The van der Waals surface area contributed by atoms with E-state index >= 15 is 0 Å². The number of halogens is 6. The van der Waals surface area contributed by atoms with Crippen molar-refractivity contribution in [3.05, 3.63) is 57.8 Å². The van der Waals surface area contributed by atoms with Crippen LogP contribution in [0.15, 0.2) is 41.3 Å². The molecule has 1 N–H and O–H groups in total. The normalized spacial score (nSPS) is 12.3. The first-order valence-electron chi connectivity index (χ1n) is 5.85. The average Bonchev–Trinajstić information content (AvgIpc) is 2.38. The van der Waals surface area contributed by atoms with E-state index in [1.807, 2.05) is 0 Å². The first-order chi connectivity index (χ1) is 10.5. The fraction of sp³-hybridized carbons (Fsp3) is 0.0769. The van der Waals surface area contributed by atoms with Crippen LogP contribution >= 0.6 is 23.2 Å². The predicted molar refractivity (Wildman–Crippen MR) is 78.7 cm³/mol. The Morgan fingerprint density at radius 2 is 1.52 bits per heavy atom. The summed E-state index contributed by atoms with van der Waals surface area (Å²) in [6.07, 6.45) is -4.74. The van der Waals surface area contributed by atoms with Crippen LogP contribution in [0.3, 0.4) is 0 Å². The van der Waals surface area contributed by atoms with Crippen LogP contribution in [-0.2, 0) is 16.2 Å². The lowest BCUT2D eigenvalue weighted by Gasteiger charge is -2.12. The Kier molecular flexibility index (Phi) is 4.79. The SMILES string of the molecule is O=S(=O)(Nc1cc(C(F)(F)F)ccc1F)c1cc(Cl)cc(Cl)c1. The van der Waals surface area contributed by atoms with E-state index in [-0.39, 0.29) is 10.0 Å². The zero-order valence-electron chi connectivity index (χ0n) is 11.0. The summed E-state index contributed by atoms with van der Waals surface area (Å²) in [7, 11) is -4.37. The van der Waals surface area contributed by atoms with E-state index in [1.165, 1.54) is 6.07 Å². The van der Waals surface area contributed by atoms with Gasteiger partial charge in [-0.25, -0.2) is 12.8 Å². The van der Waals surface area contributed by atoms with Gasteiger partial charge in [0.1, 0.15) is 5.82 Å². The third kappa shape index (κ3) is 4.27. The summed E-state index contributed by atoms with van der Waals surface area (Å²) >= 11 is 11.4. The third-order valence-electron chi connectivity index (χ3n) is 2.68. The Balaban J connectivity index is 2.45. The quantitative estimate of drug-likeness (QED) is 0.757. The highest BCUT2D eigenvalue weighted by Gasteiger charge is 2.31. The first-order valence-corrected chi connectivity index (χ1v) is 8.08. The number of sulfonamides is 1. The minimum absolute atomic E-state index is 0.00221. The molecular weight excluding hydrogens is 381 g/mol. The van der Waals surface area contributed by atoms with E-state index in [2.05, 4.69) is 0 Å². The fourth-order valence-electron chi connectivity index (χ4n) is 1.67. The highest BCUT2D eigenvalue weighted by atomic mass is 35.5. The van der Waals surface area contributed by atoms with Gasteiger partial charge in [-0.15, -0.1) is 0 Å². The van der Waals surface area contributed by atoms with Gasteiger partial charge in [-0.1, -0.05) is 23.2 Å². The zero-order valence-corrected chi connectivity index (χ0v) is 13.3. The Morgan fingerprint density at radius 1 is 0.957 bits per heavy atom. The average molecular weight is 388 g/mol. The van der Waals surface area contributed by atoms with Gasteiger partial charge in [0.15, 0.2) is 0 Å². The lowest BCUT2D eigenvalue weighted by atomic mass is 10.2. The molecule has 0 amide bonds. The van der Waals surface area contributed by atoms with Crippen LogP contribution < -0.4 is 4.72 Å². The lowest BCUT2D eigenvalue weighted by molar-refractivity contribution is -0.137. The Hall–Kier alpha value is -1.51. The molecule has 23 heavy (non-hydrogen) atoms. The standard InChI is InChI=1S/C13H7Cl2F4NO2S/c14-8-4-9(15)6-10(5-8)23(21,22)20-12-3-7(13(17,18)19)1-2-11(12)16/h1-6,20H. The Labute approximate surface area is 138 Å².